The topological polar surface area (TPSA) is 58.2 Å². The number of nitrogens with one attached hydrogen (secondary N) is 2. The largest absolute Gasteiger partial charge is 0.351 e. The van der Waals surface area contributed by atoms with Crippen molar-refractivity contribution in [3.05, 3.63) is 56.2 Å². The summed E-state index contributed by atoms with van der Waals surface area (Å²) in [5.74, 6) is -0.314. The quantitative estimate of drug-likeness (QED) is 0.805. The second kappa shape index (κ2) is 8.34. The van der Waals surface area contributed by atoms with E-state index < -0.39 is 0 Å². The van der Waals surface area contributed by atoms with Gasteiger partial charge >= 0.3 is 0 Å². The smallest absolute Gasteiger partial charge is 0.252 e. The van der Waals surface area contributed by atoms with Crippen molar-refractivity contribution in [2.24, 2.45) is 0 Å². The van der Waals surface area contributed by atoms with E-state index in [0.29, 0.717) is 15.6 Å². The zero-order chi connectivity index (χ0) is 16.8. The molecule has 0 aliphatic carbocycles. The Morgan fingerprint density at radius 3 is 2.65 bits per heavy atom. The molecule has 1 atom stereocenters. The first-order valence-corrected chi connectivity index (χ1v) is 8.72. The molecule has 23 heavy (non-hydrogen) atoms. The Morgan fingerprint density at radius 1 is 1.22 bits per heavy atom. The maximum Gasteiger partial charge on any atom is 0.252 e. The fourth-order valence-corrected chi connectivity index (χ4v) is 2.91. The van der Waals surface area contributed by atoms with Gasteiger partial charge < -0.3 is 10.6 Å². The van der Waals surface area contributed by atoms with E-state index in [1.165, 1.54) is 11.3 Å². The molecular formula is C16H16Cl2N2O2S. The standard InChI is InChI=1S/C16H16Cl2N2O2S/c1-10(11-2-3-13(17)14(18)8-11)20-15(21)4-6-19-16(22)12-5-7-23-9-12/h2-3,5,7-10H,4,6H2,1H3,(H,19,22)(H,20,21)/t10-/m1/s1. The highest BCUT2D eigenvalue weighted by molar-refractivity contribution is 7.08. The molecule has 0 aliphatic rings. The van der Waals surface area contributed by atoms with Crippen molar-refractivity contribution < 1.29 is 9.59 Å². The Bertz CT molecular complexity index is 689. The van der Waals surface area contributed by atoms with Crippen LogP contribution in [0.15, 0.2) is 35.0 Å². The fraction of sp³-hybridized carbons (Fsp3) is 0.250. The number of hydrogen-bond acceptors (Lipinski definition) is 3. The molecule has 4 nitrogen and oxygen atoms in total. The van der Waals surface area contributed by atoms with Gasteiger partial charge in [0.1, 0.15) is 0 Å². The molecule has 2 aromatic rings. The van der Waals surface area contributed by atoms with Crippen molar-refractivity contribution in [1.82, 2.24) is 10.6 Å². The van der Waals surface area contributed by atoms with E-state index in [4.69, 9.17) is 23.2 Å². The highest BCUT2D eigenvalue weighted by Crippen LogP contribution is 2.25. The molecule has 2 rings (SSSR count). The van der Waals surface area contributed by atoms with E-state index in [9.17, 15) is 9.59 Å². The molecule has 7 heteroatoms. The number of halogens is 2. The average Bonchev–Trinajstić information content (AvgIpc) is 3.04. The van der Waals surface area contributed by atoms with Gasteiger partial charge in [-0.15, -0.1) is 0 Å². The second-order valence-electron chi connectivity index (χ2n) is 4.98. The third-order valence-corrected chi connectivity index (χ3v) is 4.66. The first-order chi connectivity index (χ1) is 11.0. The highest BCUT2D eigenvalue weighted by atomic mass is 35.5. The van der Waals surface area contributed by atoms with Gasteiger partial charge in [0.15, 0.2) is 0 Å². The molecule has 0 radical (unpaired) electrons. The van der Waals surface area contributed by atoms with Gasteiger partial charge in [-0.3, -0.25) is 9.59 Å². The number of hydrogen-bond donors (Lipinski definition) is 2. The summed E-state index contributed by atoms with van der Waals surface area (Å²) in [6, 6.07) is 6.80. The lowest BCUT2D eigenvalue weighted by Crippen LogP contribution is -2.31. The third-order valence-electron chi connectivity index (χ3n) is 3.24. The maximum absolute atomic E-state index is 11.9. The Balaban J connectivity index is 1.77. The van der Waals surface area contributed by atoms with Crippen LogP contribution in [0.5, 0.6) is 0 Å². The lowest BCUT2D eigenvalue weighted by Gasteiger charge is -2.15. The molecule has 0 spiro atoms. The normalized spacial score (nSPS) is 11.8. The molecule has 1 heterocycles. The van der Waals surface area contributed by atoms with Crippen LogP contribution in [0.25, 0.3) is 0 Å². The summed E-state index contributed by atoms with van der Waals surface area (Å²) in [5.41, 5.74) is 1.48. The summed E-state index contributed by atoms with van der Waals surface area (Å²) < 4.78 is 0. The Kier molecular flexibility index (Phi) is 6.45. The van der Waals surface area contributed by atoms with Crippen LogP contribution in [0.4, 0.5) is 0 Å². The van der Waals surface area contributed by atoms with Crippen LogP contribution in [-0.2, 0) is 4.79 Å². The molecule has 2 N–H and O–H groups in total. The maximum atomic E-state index is 11.9. The van der Waals surface area contributed by atoms with Crippen LogP contribution in [0.1, 0.15) is 35.3 Å². The van der Waals surface area contributed by atoms with Gasteiger partial charge in [-0.25, -0.2) is 0 Å². The van der Waals surface area contributed by atoms with E-state index in [0.717, 1.165) is 5.56 Å². The predicted molar refractivity (Wildman–Crippen MR) is 94.3 cm³/mol. The van der Waals surface area contributed by atoms with Crippen LogP contribution in [0.2, 0.25) is 10.0 Å². The molecule has 0 bridgehead atoms. The van der Waals surface area contributed by atoms with Crippen LogP contribution in [0.3, 0.4) is 0 Å². The van der Waals surface area contributed by atoms with Crippen molar-refractivity contribution in [1.29, 1.82) is 0 Å². The van der Waals surface area contributed by atoms with Gasteiger partial charge in [0.2, 0.25) is 5.91 Å². The zero-order valence-corrected chi connectivity index (χ0v) is 14.8. The van der Waals surface area contributed by atoms with Crippen LogP contribution in [-0.4, -0.2) is 18.4 Å². The number of carbonyl (C=O) groups is 2. The molecule has 2 amide bonds. The molecule has 1 aromatic carbocycles. The first kappa shape index (κ1) is 17.8. The van der Waals surface area contributed by atoms with Crippen LogP contribution >= 0.6 is 34.5 Å². The van der Waals surface area contributed by atoms with Gasteiger partial charge in [0.05, 0.1) is 16.1 Å². The van der Waals surface area contributed by atoms with E-state index in [1.54, 1.807) is 23.6 Å². The van der Waals surface area contributed by atoms with Crippen molar-refractivity contribution in [2.75, 3.05) is 6.54 Å². The number of amides is 2. The van der Waals surface area contributed by atoms with Crippen molar-refractivity contribution in [3.63, 3.8) is 0 Å². The molecule has 0 saturated carbocycles. The number of thiophene rings is 1. The Hall–Kier alpha value is -1.56. The lowest BCUT2D eigenvalue weighted by molar-refractivity contribution is -0.121. The van der Waals surface area contributed by atoms with Crippen molar-refractivity contribution in [2.45, 2.75) is 19.4 Å². The van der Waals surface area contributed by atoms with Gasteiger partial charge in [0.25, 0.3) is 5.91 Å². The van der Waals surface area contributed by atoms with Crippen LogP contribution in [0, 0.1) is 0 Å². The minimum atomic E-state index is -0.190. The van der Waals surface area contributed by atoms with Gasteiger partial charge in [0, 0.05) is 23.9 Å². The second-order valence-corrected chi connectivity index (χ2v) is 6.58. The van der Waals surface area contributed by atoms with Crippen molar-refractivity contribution in [3.8, 4) is 0 Å². The third kappa shape index (κ3) is 5.23. The summed E-state index contributed by atoms with van der Waals surface area (Å²) in [4.78, 5) is 23.7. The summed E-state index contributed by atoms with van der Waals surface area (Å²) in [6.07, 6.45) is 0.210. The average molecular weight is 371 g/mol. The van der Waals surface area contributed by atoms with Crippen LogP contribution < -0.4 is 10.6 Å². The number of carbonyl (C=O) groups excluding carboxylic acids is 2. The highest BCUT2D eigenvalue weighted by Gasteiger charge is 2.12. The molecule has 0 fully saturated rings. The minimum Gasteiger partial charge on any atom is -0.351 e. The van der Waals surface area contributed by atoms with Crippen molar-refractivity contribution >= 4 is 46.4 Å². The summed E-state index contributed by atoms with van der Waals surface area (Å²) >= 11 is 13.3. The number of rotatable bonds is 6. The van der Waals surface area contributed by atoms with E-state index in [2.05, 4.69) is 10.6 Å². The molecule has 0 aliphatic heterocycles. The zero-order valence-electron chi connectivity index (χ0n) is 12.4. The molecule has 0 saturated heterocycles. The van der Waals surface area contributed by atoms with E-state index in [1.807, 2.05) is 18.4 Å². The fourth-order valence-electron chi connectivity index (χ4n) is 1.96. The number of benzene rings is 1. The van der Waals surface area contributed by atoms with E-state index in [-0.39, 0.29) is 30.8 Å². The monoisotopic (exact) mass is 370 g/mol. The summed E-state index contributed by atoms with van der Waals surface area (Å²) in [6.45, 7) is 2.15. The molecule has 0 unspecified atom stereocenters. The SMILES string of the molecule is C[C@@H](NC(=O)CCNC(=O)c1ccsc1)c1ccc(Cl)c(Cl)c1. The summed E-state index contributed by atoms with van der Waals surface area (Å²) in [5, 5.41) is 10.1. The minimum absolute atomic E-state index is 0.144. The van der Waals surface area contributed by atoms with Gasteiger partial charge in [-0.2, -0.15) is 11.3 Å². The van der Waals surface area contributed by atoms with E-state index >= 15 is 0 Å². The molecular weight excluding hydrogens is 355 g/mol. The Labute approximate surface area is 148 Å². The van der Waals surface area contributed by atoms with Gasteiger partial charge in [-0.05, 0) is 36.1 Å². The predicted octanol–water partition coefficient (Wildman–Crippen LogP) is 4.05. The lowest BCUT2D eigenvalue weighted by atomic mass is 10.1. The molecule has 1 aromatic heterocycles. The first-order valence-electron chi connectivity index (χ1n) is 7.02. The molecule has 122 valence electrons. The Morgan fingerprint density at radius 2 is 2.00 bits per heavy atom. The summed E-state index contributed by atoms with van der Waals surface area (Å²) in [7, 11) is 0. The van der Waals surface area contributed by atoms with Gasteiger partial charge in [-0.1, -0.05) is 29.3 Å².